The van der Waals surface area contributed by atoms with Gasteiger partial charge >= 0.3 is 0 Å². The second-order valence-electron chi connectivity index (χ2n) is 4.58. The molecular formula is C15H24N2O3. The van der Waals surface area contributed by atoms with Gasteiger partial charge in [0.2, 0.25) is 5.91 Å². The smallest absolute Gasteiger partial charge is 0.242 e. The SMILES string of the molecule is CCCCNC(=O)C(C)Nc1cc(OC)ccc1OC. The zero-order chi connectivity index (χ0) is 15.0. The Kier molecular flexibility index (Phi) is 6.70. The largest absolute Gasteiger partial charge is 0.497 e. The zero-order valence-corrected chi connectivity index (χ0v) is 12.7. The molecule has 1 aromatic carbocycles. The molecule has 0 spiro atoms. The summed E-state index contributed by atoms with van der Waals surface area (Å²) >= 11 is 0. The van der Waals surface area contributed by atoms with E-state index in [-0.39, 0.29) is 11.9 Å². The average Bonchev–Trinajstić information content (AvgIpc) is 2.47. The van der Waals surface area contributed by atoms with E-state index in [1.807, 2.05) is 25.1 Å². The van der Waals surface area contributed by atoms with Crippen LogP contribution in [0.5, 0.6) is 11.5 Å². The zero-order valence-electron chi connectivity index (χ0n) is 12.7. The highest BCUT2D eigenvalue weighted by atomic mass is 16.5. The van der Waals surface area contributed by atoms with Crippen LogP contribution in [0.2, 0.25) is 0 Å². The average molecular weight is 280 g/mol. The van der Waals surface area contributed by atoms with Crippen molar-refractivity contribution >= 4 is 11.6 Å². The first-order chi connectivity index (χ1) is 9.62. The van der Waals surface area contributed by atoms with E-state index in [1.54, 1.807) is 14.2 Å². The highest BCUT2D eigenvalue weighted by Crippen LogP contribution is 2.29. The second kappa shape index (κ2) is 8.30. The molecule has 0 aliphatic rings. The first-order valence-corrected chi connectivity index (χ1v) is 6.88. The fourth-order valence-corrected chi connectivity index (χ4v) is 1.77. The molecule has 1 rings (SSSR count). The van der Waals surface area contributed by atoms with E-state index in [4.69, 9.17) is 9.47 Å². The van der Waals surface area contributed by atoms with Gasteiger partial charge in [-0.2, -0.15) is 0 Å². The number of rotatable bonds is 8. The van der Waals surface area contributed by atoms with Crippen molar-refractivity contribution in [1.29, 1.82) is 0 Å². The highest BCUT2D eigenvalue weighted by molar-refractivity contribution is 5.84. The summed E-state index contributed by atoms with van der Waals surface area (Å²) in [6.07, 6.45) is 2.05. The summed E-state index contributed by atoms with van der Waals surface area (Å²) < 4.78 is 10.5. The van der Waals surface area contributed by atoms with Crippen molar-refractivity contribution in [2.24, 2.45) is 0 Å². The quantitative estimate of drug-likeness (QED) is 0.718. The molecule has 0 aromatic heterocycles. The normalized spacial score (nSPS) is 11.6. The fraction of sp³-hybridized carbons (Fsp3) is 0.533. The lowest BCUT2D eigenvalue weighted by atomic mass is 10.2. The van der Waals surface area contributed by atoms with Crippen molar-refractivity contribution in [1.82, 2.24) is 5.32 Å². The summed E-state index contributed by atoms with van der Waals surface area (Å²) in [5, 5.41) is 6.04. The monoisotopic (exact) mass is 280 g/mol. The fourth-order valence-electron chi connectivity index (χ4n) is 1.77. The van der Waals surface area contributed by atoms with E-state index in [9.17, 15) is 4.79 Å². The van der Waals surface area contributed by atoms with E-state index in [1.165, 1.54) is 0 Å². The summed E-state index contributed by atoms with van der Waals surface area (Å²) in [5.41, 5.74) is 0.741. The maximum Gasteiger partial charge on any atom is 0.242 e. The second-order valence-corrected chi connectivity index (χ2v) is 4.58. The topological polar surface area (TPSA) is 59.6 Å². The maximum atomic E-state index is 11.9. The van der Waals surface area contributed by atoms with Gasteiger partial charge in [0, 0.05) is 12.6 Å². The molecule has 1 amide bonds. The van der Waals surface area contributed by atoms with Crippen LogP contribution in [-0.4, -0.2) is 32.7 Å². The van der Waals surface area contributed by atoms with Gasteiger partial charge in [-0.1, -0.05) is 13.3 Å². The molecule has 2 N–H and O–H groups in total. The van der Waals surface area contributed by atoms with Gasteiger partial charge in [-0.25, -0.2) is 0 Å². The third kappa shape index (κ3) is 4.64. The summed E-state index contributed by atoms with van der Waals surface area (Å²) in [6, 6.07) is 5.10. The van der Waals surface area contributed by atoms with Crippen LogP contribution in [-0.2, 0) is 4.79 Å². The summed E-state index contributed by atoms with van der Waals surface area (Å²) in [6.45, 7) is 4.62. The van der Waals surface area contributed by atoms with Gasteiger partial charge in [-0.05, 0) is 25.5 Å². The number of benzene rings is 1. The standard InChI is InChI=1S/C15H24N2O3/c1-5-6-9-16-15(18)11(2)17-13-10-12(19-3)7-8-14(13)20-4/h7-8,10-11,17H,5-6,9H2,1-4H3,(H,16,18). The van der Waals surface area contributed by atoms with E-state index < -0.39 is 0 Å². The Balaban J connectivity index is 2.68. The van der Waals surface area contributed by atoms with Crippen LogP contribution < -0.4 is 20.1 Å². The Labute approximate surface area is 120 Å². The van der Waals surface area contributed by atoms with Gasteiger partial charge in [0.05, 0.1) is 19.9 Å². The Morgan fingerprint density at radius 2 is 2.05 bits per heavy atom. The molecule has 112 valence electrons. The van der Waals surface area contributed by atoms with Gasteiger partial charge in [0.15, 0.2) is 0 Å². The lowest BCUT2D eigenvalue weighted by Crippen LogP contribution is -2.38. The Morgan fingerprint density at radius 1 is 1.30 bits per heavy atom. The number of amides is 1. The molecule has 20 heavy (non-hydrogen) atoms. The van der Waals surface area contributed by atoms with Crippen LogP contribution in [0.1, 0.15) is 26.7 Å². The number of ether oxygens (including phenoxy) is 2. The summed E-state index contributed by atoms with van der Waals surface area (Å²) in [7, 11) is 3.20. The lowest BCUT2D eigenvalue weighted by molar-refractivity contribution is -0.121. The molecule has 0 fully saturated rings. The molecule has 0 saturated heterocycles. The van der Waals surface area contributed by atoms with Crippen LogP contribution >= 0.6 is 0 Å². The molecule has 0 aliphatic heterocycles. The lowest BCUT2D eigenvalue weighted by Gasteiger charge is -2.18. The molecule has 5 heteroatoms. The number of carbonyl (C=O) groups is 1. The highest BCUT2D eigenvalue weighted by Gasteiger charge is 2.14. The van der Waals surface area contributed by atoms with Gasteiger partial charge < -0.3 is 20.1 Å². The number of methoxy groups -OCH3 is 2. The summed E-state index contributed by atoms with van der Waals surface area (Å²) in [4.78, 5) is 11.9. The first-order valence-electron chi connectivity index (χ1n) is 6.88. The van der Waals surface area contributed by atoms with E-state index in [0.29, 0.717) is 18.0 Å². The van der Waals surface area contributed by atoms with Crippen molar-refractivity contribution in [3.63, 3.8) is 0 Å². The number of carbonyl (C=O) groups excluding carboxylic acids is 1. The molecular weight excluding hydrogens is 256 g/mol. The number of unbranched alkanes of at least 4 members (excludes halogenated alkanes) is 1. The number of anilines is 1. The van der Waals surface area contributed by atoms with Crippen molar-refractivity contribution < 1.29 is 14.3 Å². The molecule has 0 heterocycles. The van der Waals surface area contributed by atoms with Crippen molar-refractivity contribution in [2.45, 2.75) is 32.7 Å². The molecule has 0 bridgehead atoms. The molecule has 1 atom stereocenters. The molecule has 0 aliphatic carbocycles. The third-order valence-corrected chi connectivity index (χ3v) is 3.00. The molecule has 5 nitrogen and oxygen atoms in total. The van der Waals surface area contributed by atoms with Crippen molar-refractivity contribution in [3.8, 4) is 11.5 Å². The van der Waals surface area contributed by atoms with E-state index in [0.717, 1.165) is 18.5 Å². The van der Waals surface area contributed by atoms with E-state index in [2.05, 4.69) is 17.6 Å². The molecule has 0 radical (unpaired) electrons. The Hall–Kier alpha value is -1.91. The Morgan fingerprint density at radius 3 is 2.65 bits per heavy atom. The van der Waals surface area contributed by atoms with Crippen molar-refractivity contribution in [2.75, 3.05) is 26.1 Å². The van der Waals surface area contributed by atoms with Crippen LogP contribution in [0.25, 0.3) is 0 Å². The van der Waals surface area contributed by atoms with Gasteiger partial charge in [-0.15, -0.1) is 0 Å². The number of nitrogens with one attached hydrogen (secondary N) is 2. The van der Waals surface area contributed by atoms with Gasteiger partial charge in [-0.3, -0.25) is 4.79 Å². The predicted molar refractivity (Wildman–Crippen MR) is 80.5 cm³/mol. The minimum absolute atomic E-state index is 0.0247. The molecule has 1 aromatic rings. The number of hydrogen-bond acceptors (Lipinski definition) is 4. The third-order valence-electron chi connectivity index (χ3n) is 3.00. The maximum absolute atomic E-state index is 11.9. The molecule has 0 saturated carbocycles. The molecule has 1 unspecified atom stereocenters. The van der Waals surface area contributed by atoms with Crippen LogP contribution in [0.15, 0.2) is 18.2 Å². The predicted octanol–water partition coefficient (Wildman–Crippen LogP) is 2.42. The van der Waals surface area contributed by atoms with Crippen LogP contribution in [0.4, 0.5) is 5.69 Å². The summed E-state index contributed by atoms with van der Waals surface area (Å²) in [5.74, 6) is 1.37. The van der Waals surface area contributed by atoms with Gasteiger partial charge in [0.1, 0.15) is 17.5 Å². The number of hydrogen-bond donors (Lipinski definition) is 2. The first kappa shape index (κ1) is 16.1. The van der Waals surface area contributed by atoms with Gasteiger partial charge in [0.25, 0.3) is 0 Å². The van der Waals surface area contributed by atoms with Crippen LogP contribution in [0, 0.1) is 0 Å². The van der Waals surface area contributed by atoms with E-state index >= 15 is 0 Å². The van der Waals surface area contributed by atoms with Crippen molar-refractivity contribution in [3.05, 3.63) is 18.2 Å². The minimum atomic E-state index is -0.340. The Bertz CT molecular complexity index is 435. The minimum Gasteiger partial charge on any atom is -0.497 e. The van der Waals surface area contributed by atoms with Crippen LogP contribution in [0.3, 0.4) is 0 Å².